The molecule has 100 valence electrons. The molecule has 0 amide bonds. The summed E-state index contributed by atoms with van der Waals surface area (Å²) in [5.74, 6) is 6.03. The lowest BCUT2D eigenvalue weighted by atomic mass is 10.0. The van der Waals surface area contributed by atoms with Gasteiger partial charge in [-0.3, -0.25) is 16.3 Å². The number of nitrogens with zero attached hydrogens (tertiary/aromatic N) is 2. The normalized spacial score (nSPS) is 12.4. The Kier molecular flexibility index (Phi) is 4.55. The maximum absolute atomic E-state index is 6.12. The van der Waals surface area contributed by atoms with Crippen LogP contribution in [-0.4, -0.2) is 9.97 Å². The van der Waals surface area contributed by atoms with Crippen molar-refractivity contribution in [2.24, 2.45) is 5.84 Å². The predicted octanol–water partition coefficient (Wildman–Crippen LogP) is 2.11. The third-order valence-electron chi connectivity index (χ3n) is 2.72. The summed E-state index contributed by atoms with van der Waals surface area (Å²) in [5, 5.41) is 0.934. The minimum absolute atomic E-state index is 0.267. The van der Waals surface area contributed by atoms with Gasteiger partial charge in [-0.1, -0.05) is 29.3 Å². The van der Waals surface area contributed by atoms with Crippen molar-refractivity contribution in [1.82, 2.24) is 15.4 Å². The van der Waals surface area contributed by atoms with Crippen molar-refractivity contribution in [3.63, 3.8) is 0 Å². The quantitative estimate of drug-likeness (QED) is 0.594. The molecule has 0 radical (unpaired) electrons. The molecule has 0 aliphatic carbocycles. The minimum Gasteiger partial charge on any atom is -0.383 e. The van der Waals surface area contributed by atoms with Crippen LogP contribution in [0.4, 0.5) is 5.82 Å². The van der Waals surface area contributed by atoms with Crippen molar-refractivity contribution in [3.05, 3.63) is 51.9 Å². The molecule has 1 atom stereocenters. The summed E-state index contributed by atoms with van der Waals surface area (Å²) >= 11 is 11.9. The van der Waals surface area contributed by atoms with E-state index in [1.165, 1.54) is 6.20 Å². The van der Waals surface area contributed by atoms with E-state index in [1.54, 1.807) is 12.3 Å². The first-order valence-electron chi connectivity index (χ1n) is 5.58. The number of pyridine rings is 2. The lowest BCUT2D eigenvalue weighted by Crippen LogP contribution is -2.30. The summed E-state index contributed by atoms with van der Waals surface area (Å²) in [6.45, 7) is 0. The number of nitrogen functional groups attached to an aromatic ring is 1. The van der Waals surface area contributed by atoms with E-state index in [0.29, 0.717) is 28.0 Å². The van der Waals surface area contributed by atoms with Crippen molar-refractivity contribution in [1.29, 1.82) is 0 Å². The van der Waals surface area contributed by atoms with E-state index in [1.807, 2.05) is 12.1 Å². The Bertz CT molecular complexity index is 576. The highest BCUT2D eigenvalue weighted by atomic mass is 35.5. The average molecular weight is 298 g/mol. The fourth-order valence-electron chi connectivity index (χ4n) is 1.76. The highest BCUT2D eigenvalue weighted by Gasteiger charge is 2.17. The lowest BCUT2D eigenvalue weighted by Gasteiger charge is -2.17. The summed E-state index contributed by atoms with van der Waals surface area (Å²) in [7, 11) is 0. The van der Waals surface area contributed by atoms with E-state index in [2.05, 4.69) is 15.4 Å². The first kappa shape index (κ1) is 14.0. The van der Waals surface area contributed by atoms with Gasteiger partial charge < -0.3 is 5.73 Å². The lowest BCUT2D eigenvalue weighted by molar-refractivity contribution is 0.538. The van der Waals surface area contributed by atoms with Gasteiger partial charge in [0.25, 0.3) is 0 Å². The van der Waals surface area contributed by atoms with Crippen LogP contribution in [0.5, 0.6) is 0 Å². The second-order valence-corrected chi connectivity index (χ2v) is 4.84. The van der Waals surface area contributed by atoms with Crippen molar-refractivity contribution >= 4 is 29.0 Å². The highest BCUT2D eigenvalue weighted by Crippen LogP contribution is 2.26. The van der Waals surface area contributed by atoms with Crippen LogP contribution in [0.2, 0.25) is 10.0 Å². The maximum Gasteiger partial charge on any atom is 0.126 e. The molecule has 7 heteroatoms. The van der Waals surface area contributed by atoms with Gasteiger partial charge in [0.15, 0.2) is 0 Å². The van der Waals surface area contributed by atoms with Crippen LogP contribution in [0.1, 0.15) is 17.3 Å². The molecule has 0 aliphatic heterocycles. The Morgan fingerprint density at radius 1 is 1.32 bits per heavy atom. The first-order valence-corrected chi connectivity index (χ1v) is 6.34. The van der Waals surface area contributed by atoms with Gasteiger partial charge in [0.1, 0.15) is 5.82 Å². The molecule has 2 rings (SSSR count). The van der Waals surface area contributed by atoms with Gasteiger partial charge in [0.05, 0.1) is 21.8 Å². The molecule has 5 N–H and O–H groups in total. The van der Waals surface area contributed by atoms with E-state index in [4.69, 9.17) is 34.8 Å². The smallest absolute Gasteiger partial charge is 0.126 e. The number of hydrogen-bond acceptors (Lipinski definition) is 5. The van der Waals surface area contributed by atoms with Crippen molar-refractivity contribution in [3.8, 4) is 0 Å². The Labute approximate surface area is 120 Å². The van der Waals surface area contributed by atoms with Crippen LogP contribution in [0.3, 0.4) is 0 Å². The van der Waals surface area contributed by atoms with Crippen LogP contribution >= 0.6 is 23.2 Å². The topological polar surface area (TPSA) is 89.8 Å². The Morgan fingerprint density at radius 3 is 2.74 bits per heavy atom. The standard InChI is InChI=1S/C12H13Cl2N5/c13-8-5-9(14)11(18-6-8)10(19-16)4-7-2-1-3-17-12(7)15/h1-3,5-6,10,19H,4,16H2,(H2,15,17). The average Bonchev–Trinajstić information content (AvgIpc) is 2.39. The SMILES string of the molecule is NNC(Cc1cccnc1N)c1ncc(Cl)cc1Cl. The molecule has 1 unspecified atom stereocenters. The molecule has 19 heavy (non-hydrogen) atoms. The first-order chi connectivity index (χ1) is 9.11. The number of rotatable bonds is 4. The van der Waals surface area contributed by atoms with Crippen LogP contribution in [-0.2, 0) is 6.42 Å². The zero-order valence-corrected chi connectivity index (χ0v) is 11.5. The molecule has 0 saturated heterocycles. The monoisotopic (exact) mass is 297 g/mol. The van der Waals surface area contributed by atoms with E-state index in [0.717, 1.165) is 5.56 Å². The Morgan fingerprint density at radius 2 is 2.11 bits per heavy atom. The zero-order valence-electron chi connectivity index (χ0n) is 9.98. The molecule has 2 aromatic rings. The second-order valence-electron chi connectivity index (χ2n) is 3.99. The van der Waals surface area contributed by atoms with Crippen molar-refractivity contribution in [2.75, 3.05) is 5.73 Å². The third-order valence-corrected chi connectivity index (χ3v) is 3.23. The van der Waals surface area contributed by atoms with E-state index >= 15 is 0 Å². The molecule has 0 bridgehead atoms. The van der Waals surface area contributed by atoms with Gasteiger partial charge in [0, 0.05) is 12.4 Å². The fourth-order valence-corrected chi connectivity index (χ4v) is 2.27. The summed E-state index contributed by atoms with van der Waals surface area (Å²) in [5.41, 5.74) is 9.99. The summed E-state index contributed by atoms with van der Waals surface area (Å²) in [6.07, 6.45) is 3.70. The van der Waals surface area contributed by atoms with Crippen molar-refractivity contribution < 1.29 is 0 Å². The van der Waals surface area contributed by atoms with Crippen LogP contribution in [0, 0.1) is 0 Å². The molecule has 0 aliphatic rings. The van der Waals surface area contributed by atoms with Gasteiger partial charge >= 0.3 is 0 Å². The van der Waals surface area contributed by atoms with E-state index < -0.39 is 0 Å². The number of aromatic nitrogens is 2. The number of nitrogens with one attached hydrogen (secondary N) is 1. The summed E-state index contributed by atoms with van der Waals surface area (Å²) in [6, 6.07) is 5.06. The number of halogens is 2. The minimum atomic E-state index is -0.267. The Balaban J connectivity index is 2.28. The van der Waals surface area contributed by atoms with Gasteiger partial charge in [-0.2, -0.15) is 0 Å². The number of anilines is 1. The third kappa shape index (κ3) is 3.33. The summed E-state index contributed by atoms with van der Waals surface area (Å²) in [4.78, 5) is 8.24. The maximum atomic E-state index is 6.12. The zero-order chi connectivity index (χ0) is 13.8. The molecule has 2 aromatic heterocycles. The van der Waals surface area contributed by atoms with Crippen LogP contribution in [0.25, 0.3) is 0 Å². The molecular formula is C12H13Cl2N5. The molecule has 0 saturated carbocycles. The largest absolute Gasteiger partial charge is 0.383 e. The van der Waals surface area contributed by atoms with E-state index in [9.17, 15) is 0 Å². The number of hydrazine groups is 1. The predicted molar refractivity (Wildman–Crippen MR) is 76.7 cm³/mol. The van der Waals surface area contributed by atoms with Gasteiger partial charge in [0.2, 0.25) is 0 Å². The van der Waals surface area contributed by atoms with Gasteiger partial charge in [-0.05, 0) is 24.1 Å². The second kappa shape index (κ2) is 6.16. The van der Waals surface area contributed by atoms with Crippen LogP contribution in [0.15, 0.2) is 30.6 Å². The van der Waals surface area contributed by atoms with E-state index in [-0.39, 0.29) is 6.04 Å². The molecule has 0 fully saturated rings. The molecule has 0 spiro atoms. The molecule has 2 heterocycles. The van der Waals surface area contributed by atoms with Crippen molar-refractivity contribution in [2.45, 2.75) is 12.5 Å². The number of hydrogen-bond donors (Lipinski definition) is 3. The van der Waals surface area contributed by atoms with Gasteiger partial charge in [-0.15, -0.1) is 0 Å². The Hall–Kier alpha value is -1.40. The molecule has 0 aromatic carbocycles. The highest BCUT2D eigenvalue weighted by molar-refractivity contribution is 6.34. The molecule has 5 nitrogen and oxygen atoms in total. The fraction of sp³-hybridized carbons (Fsp3) is 0.167. The van der Waals surface area contributed by atoms with Crippen LogP contribution < -0.4 is 17.0 Å². The molecular weight excluding hydrogens is 285 g/mol. The summed E-state index contributed by atoms with van der Waals surface area (Å²) < 4.78 is 0. The number of nitrogens with two attached hydrogens (primary N) is 2. The van der Waals surface area contributed by atoms with Gasteiger partial charge in [-0.25, -0.2) is 4.98 Å².